The SMILES string of the molecule is CN(CCC(F)(F)F)c1c(F)cc(N)cc1F. The van der Waals surface area contributed by atoms with Crippen molar-refractivity contribution >= 4 is 11.4 Å². The number of rotatable bonds is 3. The topological polar surface area (TPSA) is 29.3 Å². The van der Waals surface area contributed by atoms with Gasteiger partial charge in [-0.15, -0.1) is 0 Å². The molecule has 1 aromatic carbocycles. The maximum absolute atomic E-state index is 13.3. The van der Waals surface area contributed by atoms with Crippen molar-refractivity contribution in [3.8, 4) is 0 Å². The second-order valence-corrected chi connectivity index (χ2v) is 3.62. The summed E-state index contributed by atoms with van der Waals surface area (Å²) in [4.78, 5) is 0.873. The van der Waals surface area contributed by atoms with Gasteiger partial charge in [-0.3, -0.25) is 0 Å². The minimum atomic E-state index is -4.37. The predicted octanol–water partition coefficient (Wildman–Crippen LogP) is 2.94. The zero-order valence-corrected chi connectivity index (χ0v) is 8.98. The van der Waals surface area contributed by atoms with Gasteiger partial charge in [0.1, 0.15) is 5.69 Å². The highest BCUT2D eigenvalue weighted by atomic mass is 19.4. The first-order valence-corrected chi connectivity index (χ1v) is 4.73. The monoisotopic (exact) mass is 254 g/mol. The minimum absolute atomic E-state index is 0.118. The van der Waals surface area contributed by atoms with Crippen LogP contribution in [-0.4, -0.2) is 19.8 Å². The van der Waals surface area contributed by atoms with Gasteiger partial charge >= 0.3 is 6.18 Å². The van der Waals surface area contributed by atoms with Crippen LogP contribution >= 0.6 is 0 Å². The summed E-state index contributed by atoms with van der Waals surface area (Å²) in [5.74, 6) is -1.96. The minimum Gasteiger partial charge on any atom is -0.399 e. The number of alkyl halides is 3. The molecule has 0 aliphatic carbocycles. The third-order valence-corrected chi connectivity index (χ3v) is 2.15. The smallest absolute Gasteiger partial charge is 0.390 e. The quantitative estimate of drug-likeness (QED) is 0.663. The van der Waals surface area contributed by atoms with Crippen LogP contribution < -0.4 is 10.6 Å². The number of halogens is 5. The Bertz CT molecular complexity index is 379. The van der Waals surface area contributed by atoms with Gasteiger partial charge in [0.2, 0.25) is 0 Å². The lowest BCUT2D eigenvalue weighted by Crippen LogP contribution is -2.25. The predicted molar refractivity (Wildman–Crippen MR) is 54.7 cm³/mol. The molecular weight excluding hydrogens is 243 g/mol. The first kappa shape index (κ1) is 13.5. The molecule has 0 aliphatic rings. The van der Waals surface area contributed by atoms with E-state index in [0.717, 1.165) is 17.0 Å². The fourth-order valence-electron chi connectivity index (χ4n) is 1.36. The van der Waals surface area contributed by atoms with E-state index in [4.69, 9.17) is 5.73 Å². The lowest BCUT2D eigenvalue weighted by molar-refractivity contribution is -0.132. The summed E-state index contributed by atoms with van der Waals surface area (Å²) in [6, 6.07) is 1.73. The number of nitrogen functional groups attached to an aromatic ring is 1. The van der Waals surface area contributed by atoms with Crippen molar-refractivity contribution in [3.63, 3.8) is 0 Å². The molecule has 1 rings (SSSR count). The Morgan fingerprint density at radius 3 is 2.06 bits per heavy atom. The highest BCUT2D eigenvalue weighted by Gasteiger charge is 2.28. The third kappa shape index (κ3) is 3.76. The van der Waals surface area contributed by atoms with E-state index in [9.17, 15) is 22.0 Å². The van der Waals surface area contributed by atoms with Gasteiger partial charge in [-0.05, 0) is 12.1 Å². The van der Waals surface area contributed by atoms with Gasteiger partial charge < -0.3 is 10.6 Å². The summed E-state index contributed by atoms with van der Waals surface area (Å²) in [6.07, 6.45) is -5.51. The van der Waals surface area contributed by atoms with E-state index in [1.54, 1.807) is 0 Å². The first-order valence-electron chi connectivity index (χ1n) is 4.73. The Morgan fingerprint density at radius 2 is 1.65 bits per heavy atom. The third-order valence-electron chi connectivity index (χ3n) is 2.15. The normalized spacial score (nSPS) is 11.6. The number of nitrogens with two attached hydrogens (primary N) is 1. The van der Waals surface area contributed by atoms with Crippen LogP contribution in [0.1, 0.15) is 6.42 Å². The Kier molecular flexibility index (Phi) is 3.79. The summed E-state index contributed by atoms with van der Waals surface area (Å²) < 4.78 is 62.6. The Morgan fingerprint density at radius 1 is 1.18 bits per heavy atom. The highest BCUT2D eigenvalue weighted by molar-refractivity contribution is 5.55. The summed E-state index contributed by atoms with van der Waals surface area (Å²) >= 11 is 0. The number of anilines is 2. The van der Waals surface area contributed by atoms with E-state index < -0.39 is 36.5 Å². The fraction of sp³-hybridized carbons (Fsp3) is 0.400. The molecule has 96 valence electrons. The molecule has 1 aromatic rings. The summed E-state index contributed by atoms with van der Waals surface area (Å²) in [5, 5.41) is 0. The van der Waals surface area contributed by atoms with Gasteiger partial charge in [-0.25, -0.2) is 8.78 Å². The Labute approximate surface area is 94.8 Å². The van der Waals surface area contributed by atoms with Crippen LogP contribution in [0.25, 0.3) is 0 Å². The molecule has 0 saturated carbocycles. The van der Waals surface area contributed by atoms with Crippen molar-refractivity contribution in [2.75, 3.05) is 24.2 Å². The molecule has 0 heterocycles. The van der Waals surface area contributed by atoms with E-state index in [2.05, 4.69) is 0 Å². The largest absolute Gasteiger partial charge is 0.399 e. The van der Waals surface area contributed by atoms with Crippen LogP contribution in [-0.2, 0) is 0 Å². The molecule has 0 atom stereocenters. The lowest BCUT2D eigenvalue weighted by atomic mass is 10.2. The Hall–Kier alpha value is -1.53. The molecule has 17 heavy (non-hydrogen) atoms. The second-order valence-electron chi connectivity index (χ2n) is 3.62. The molecule has 0 saturated heterocycles. The van der Waals surface area contributed by atoms with E-state index in [1.165, 1.54) is 7.05 Å². The average molecular weight is 254 g/mol. The highest BCUT2D eigenvalue weighted by Crippen LogP contribution is 2.27. The lowest BCUT2D eigenvalue weighted by Gasteiger charge is -2.21. The van der Waals surface area contributed by atoms with Crippen molar-refractivity contribution < 1.29 is 22.0 Å². The van der Waals surface area contributed by atoms with Crippen molar-refractivity contribution in [2.24, 2.45) is 0 Å². The van der Waals surface area contributed by atoms with Crippen LogP contribution in [0.5, 0.6) is 0 Å². The zero-order chi connectivity index (χ0) is 13.2. The number of hydrogen-bond acceptors (Lipinski definition) is 2. The molecule has 0 amide bonds. The Balaban J connectivity index is 2.86. The molecule has 7 heteroatoms. The number of nitrogens with zero attached hydrogens (tertiary/aromatic N) is 1. The van der Waals surface area contributed by atoms with E-state index in [1.807, 2.05) is 0 Å². The molecular formula is C10H11F5N2. The van der Waals surface area contributed by atoms with E-state index in [0.29, 0.717) is 0 Å². The maximum atomic E-state index is 13.3. The van der Waals surface area contributed by atoms with E-state index in [-0.39, 0.29) is 5.69 Å². The fourth-order valence-corrected chi connectivity index (χ4v) is 1.36. The van der Waals surface area contributed by atoms with Crippen LogP contribution in [0.2, 0.25) is 0 Å². The van der Waals surface area contributed by atoms with Crippen molar-refractivity contribution in [1.29, 1.82) is 0 Å². The van der Waals surface area contributed by atoms with Crippen LogP contribution in [0, 0.1) is 11.6 Å². The van der Waals surface area contributed by atoms with Crippen LogP contribution in [0.15, 0.2) is 12.1 Å². The van der Waals surface area contributed by atoms with Gasteiger partial charge in [0.15, 0.2) is 11.6 Å². The molecule has 0 spiro atoms. The molecule has 0 radical (unpaired) electrons. The number of benzene rings is 1. The molecule has 2 N–H and O–H groups in total. The van der Waals surface area contributed by atoms with E-state index >= 15 is 0 Å². The average Bonchev–Trinajstić information content (AvgIpc) is 2.11. The maximum Gasteiger partial charge on any atom is 0.390 e. The van der Waals surface area contributed by atoms with Gasteiger partial charge in [0.25, 0.3) is 0 Å². The standard InChI is InChI=1S/C10H11F5N2/c1-17(3-2-10(13,14)15)9-7(11)4-6(16)5-8(9)12/h4-5H,2-3,16H2,1H3. The molecule has 0 unspecified atom stereocenters. The number of hydrogen-bond donors (Lipinski definition) is 1. The van der Waals surface area contributed by atoms with Crippen molar-refractivity contribution in [1.82, 2.24) is 0 Å². The first-order chi connectivity index (χ1) is 7.70. The molecule has 2 nitrogen and oxygen atoms in total. The summed E-state index contributed by atoms with van der Waals surface area (Å²) in [6.45, 7) is -0.527. The zero-order valence-electron chi connectivity index (χ0n) is 8.98. The second kappa shape index (κ2) is 4.77. The summed E-state index contributed by atoms with van der Waals surface area (Å²) in [7, 11) is 1.18. The van der Waals surface area contributed by atoms with Gasteiger partial charge in [-0.1, -0.05) is 0 Å². The molecule has 0 aromatic heterocycles. The molecule has 0 aliphatic heterocycles. The van der Waals surface area contributed by atoms with Gasteiger partial charge in [0, 0.05) is 19.3 Å². The van der Waals surface area contributed by atoms with Crippen molar-refractivity contribution in [2.45, 2.75) is 12.6 Å². The van der Waals surface area contributed by atoms with Crippen LogP contribution in [0.3, 0.4) is 0 Å². The van der Waals surface area contributed by atoms with Crippen molar-refractivity contribution in [3.05, 3.63) is 23.8 Å². The summed E-state index contributed by atoms with van der Waals surface area (Å²) in [5.41, 5.74) is 4.56. The van der Waals surface area contributed by atoms with Gasteiger partial charge in [-0.2, -0.15) is 13.2 Å². The molecule has 0 bridgehead atoms. The molecule has 0 fully saturated rings. The van der Waals surface area contributed by atoms with Gasteiger partial charge in [0.05, 0.1) is 6.42 Å². The van der Waals surface area contributed by atoms with Crippen LogP contribution in [0.4, 0.5) is 33.3 Å².